The lowest BCUT2D eigenvalue weighted by Crippen LogP contribution is -2.29. The Morgan fingerprint density at radius 1 is 1.25 bits per heavy atom. The summed E-state index contributed by atoms with van der Waals surface area (Å²) >= 11 is 0. The lowest BCUT2D eigenvalue weighted by atomic mass is 9.98. The van der Waals surface area contributed by atoms with Gasteiger partial charge in [-0.1, -0.05) is 32.0 Å². The summed E-state index contributed by atoms with van der Waals surface area (Å²) in [6, 6.07) is 6.04. The fraction of sp³-hybridized carbons (Fsp3) is 0.579. The molecule has 5 heteroatoms. The van der Waals surface area contributed by atoms with Crippen molar-refractivity contribution in [2.45, 2.75) is 39.5 Å². The van der Waals surface area contributed by atoms with Crippen molar-refractivity contribution in [2.75, 3.05) is 25.6 Å². The first-order valence-corrected chi connectivity index (χ1v) is 8.62. The van der Waals surface area contributed by atoms with Crippen LogP contribution in [0.15, 0.2) is 18.2 Å². The predicted octanol–water partition coefficient (Wildman–Crippen LogP) is 2.85. The van der Waals surface area contributed by atoms with Gasteiger partial charge in [-0.3, -0.25) is 9.59 Å². The lowest BCUT2D eigenvalue weighted by Gasteiger charge is -2.16. The smallest absolute Gasteiger partial charge is 0.228 e. The highest BCUT2D eigenvalue weighted by Gasteiger charge is 2.48. The maximum atomic E-state index is 12.5. The van der Waals surface area contributed by atoms with Crippen molar-refractivity contribution in [3.63, 3.8) is 0 Å². The molecule has 2 amide bonds. The number of hydrogen-bond acceptors (Lipinski definition) is 3. The fourth-order valence-corrected chi connectivity index (χ4v) is 2.89. The molecule has 132 valence electrons. The molecule has 2 N–H and O–H groups in total. The van der Waals surface area contributed by atoms with E-state index in [0.717, 1.165) is 23.2 Å². The average molecular weight is 332 g/mol. The molecule has 0 saturated heterocycles. The van der Waals surface area contributed by atoms with Gasteiger partial charge in [0.2, 0.25) is 11.8 Å². The van der Waals surface area contributed by atoms with Gasteiger partial charge in [0.05, 0.1) is 11.8 Å². The Hall–Kier alpha value is -1.88. The van der Waals surface area contributed by atoms with E-state index in [1.54, 1.807) is 7.11 Å². The molecule has 1 aromatic carbocycles. The van der Waals surface area contributed by atoms with Gasteiger partial charge in [0.15, 0.2) is 0 Å². The minimum Gasteiger partial charge on any atom is -0.385 e. The van der Waals surface area contributed by atoms with Crippen molar-refractivity contribution in [3.05, 3.63) is 29.3 Å². The van der Waals surface area contributed by atoms with Crippen LogP contribution in [0.4, 0.5) is 5.69 Å². The second-order valence-corrected chi connectivity index (χ2v) is 6.77. The van der Waals surface area contributed by atoms with Gasteiger partial charge >= 0.3 is 0 Å². The zero-order chi connectivity index (χ0) is 17.7. The van der Waals surface area contributed by atoms with Crippen LogP contribution in [0.5, 0.6) is 0 Å². The van der Waals surface area contributed by atoms with Crippen molar-refractivity contribution in [2.24, 2.45) is 11.8 Å². The van der Waals surface area contributed by atoms with Crippen LogP contribution >= 0.6 is 0 Å². The molecule has 1 aromatic rings. The third-order valence-electron chi connectivity index (χ3n) is 4.46. The highest BCUT2D eigenvalue weighted by atomic mass is 16.5. The average Bonchev–Trinajstić information content (AvgIpc) is 3.33. The highest BCUT2D eigenvalue weighted by molar-refractivity contribution is 6.00. The van der Waals surface area contributed by atoms with Crippen molar-refractivity contribution in [1.82, 2.24) is 5.32 Å². The van der Waals surface area contributed by atoms with E-state index in [1.807, 2.05) is 25.1 Å². The first kappa shape index (κ1) is 18.5. The molecule has 1 fully saturated rings. The van der Waals surface area contributed by atoms with Gasteiger partial charge < -0.3 is 15.4 Å². The molecule has 1 aliphatic rings. The molecule has 0 aliphatic heterocycles. The minimum atomic E-state index is -0.216. The molecule has 0 bridgehead atoms. The SMILES string of the molecule is COCCCNC(=O)C1CC1C(=O)Nc1c(C)cccc1C(C)C. The largest absolute Gasteiger partial charge is 0.385 e. The Morgan fingerprint density at radius 3 is 2.62 bits per heavy atom. The van der Waals surface area contributed by atoms with Crippen LogP contribution in [-0.4, -0.2) is 32.1 Å². The standard InChI is InChI=1S/C19H28N2O3/c1-12(2)14-8-5-7-13(3)17(14)21-19(23)16-11-15(16)18(22)20-9-6-10-24-4/h5,7-8,12,15-16H,6,9-11H2,1-4H3,(H,20,22)(H,21,23). The number of rotatable bonds is 8. The van der Waals surface area contributed by atoms with Crippen LogP contribution < -0.4 is 10.6 Å². The Bertz CT molecular complexity index is 598. The van der Waals surface area contributed by atoms with Crippen molar-refractivity contribution in [1.29, 1.82) is 0 Å². The summed E-state index contributed by atoms with van der Waals surface area (Å²) in [7, 11) is 1.64. The number of amides is 2. The van der Waals surface area contributed by atoms with E-state index >= 15 is 0 Å². The van der Waals surface area contributed by atoms with Gasteiger partial charge in [0, 0.05) is 25.9 Å². The van der Waals surface area contributed by atoms with Crippen LogP contribution in [0.3, 0.4) is 0 Å². The predicted molar refractivity (Wildman–Crippen MR) is 95.0 cm³/mol. The topological polar surface area (TPSA) is 67.4 Å². The van der Waals surface area contributed by atoms with Gasteiger partial charge in [-0.05, 0) is 36.8 Å². The summed E-state index contributed by atoms with van der Waals surface area (Å²) in [5.41, 5.74) is 3.07. The number of anilines is 1. The number of aryl methyl sites for hydroxylation is 1. The Morgan fingerprint density at radius 2 is 1.96 bits per heavy atom. The number of para-hydroxylation sites is 1. The number of carbonyl (C=O) groups is 2. The maximum absolute atomic E-state index is 12.5. The molecular weight excluding hydrogens is 304 g/mol. The molecule has 0 heterocycles. The summed E-state index contributed by atoms with van der Waals surface area (Å²) in [5, 5.41) is 5.91. The number of benzene rings is 1. The number of ether oxygens (including phenoxy) is 1. The van der Waals surface area contributed by atoms with Crippen molar-refractivity contribution < 1.29 is 14.3 Å². The Kier molecular flexibility index (Phi) is 6.37. The monoisotopic (exact) mass is 332 g/mol. The van der Waals surface area contributed by atoms with Crippen LogP contribution in [-0.2, 0) is 14.3 Å². The minimum absolute atomic E-state index is 0.0277. The molecule has 2 rings (SSSR count). The number of carbonyl (C=O) groups excluding carboxylic acids is 2. The molecule has 0 aromatic heterocycles. The van der Waals surface area contributed by atoms with Gasteiger partial charge in [-0.25, -0.2) is 0 Å². The first-order valence-electron chi connectivity index (χ1n) is 8.62. The molecule has 5 nitrogen and oxygen atoms in total. The lowest BCUT2D eigenvalue weighted by molar-refractivity contribution is -0.125. The molecule has 2 unspecified atom stereocenters. The fourth-order valence-electron chi connectivity index (χ4n) is 2.89. The quantitative estimate of drug-likeness (QED) is 0.719. The van der Waals surface area contributed by atoms with Crippen LogP contribution in [0, 0.1) is 18.8 Å². The summed E-state index contributed by atoms with van der Waals surface area (Å²) in [6.07, 6.45) is 1.41. The summed E-state index contributed by atoms with van der Waals surface area (Å²) < 4.78 is 4.95. The zero-order valence-corrected chi connectivity index (χ0v) is 15.0. The van der Waals surface area contributed by atoms with Gasteiger partial charge in [0.25, 0.3) is 0 Å². The van der Waals surface area contributed by atoms with E-state index < -0.39 is 0 Å². The number of methoxy groups -OCH3 is 1. The Balaban J connectivity index is 1.90. The second-order valence-electron chi connectivity index (χ2n) is 6.77. The molecular formula is C19H28N2O3. The van der Waals surface area contributed by atoms with E-state index in [9.17, 15) is 9.59 Å². The van der Waals surface area contributed by atoms with Gasteiger partial charge in [0.1, 0.15) is 0 Å². The molecule has 0 radical (unpaired) electrons. The van der Waals surface area contributed by atoms with E-state index in [2.05, 4.69) is 24.5 Å². The van der Waals surface area contributed by atoms with Gasteiger partial charge in [-0.15, -0.1) is 0 Å². The van der Waals surface area contributed by atoms with E-state index in [4.69, 9.17) is 4.74 Å². The second kappa shape index (κ2) is 8.29. The van der Waals surface area contributed by atoms with E-state index in [0.29, 0.717) is 25.5 Å². The van der Waals surface area contributed by atoms with Crippen molar-refractivity contribution >= 4 is 17.5 Å². The summed E-state index contributed by atoms with van der Waals surface area (Å²) in [6.45, 7) is 7.43. The third kappa shape index (κ3) is 4.57. The molecule has 1 saturated carbocycles. The van der Waals surface area contributed by atoms with Crippen LogP contribution in [0.25, 0.3) is 0 Å². The van der Waals surface area contributed by atoms with E-state index in [1.165, 1.54) is 0 Å². The van der Waals surface area contributed by atoms with Crippen LogP contribution in [0.1, 0.15) is 43.7 Å². The number of hydrogen-bond donors (Lipinski definition) is 2. The van der Waals surface area contributed by atoms with Gasteiger partial charge in [-0.2, -0.15) is 0 Å². The molecule has 2 atom stereocenters. The highest BCUT2D eigenvalue weighted by Crippen LogP contribution is 2.40. The first-order chi connectivity index (χ1) is 11.5. The zero-order valence-electron chi connectivity index (χ0n) is 15.0. The van der Waals surface area contributed by atoms with Crippen LogP contribution in [0.2, 0.25) is 0 Å². The number of nitrogens with one attached hydrogen (secondary N) is 2. The third-order valence-corrected chi connectivity index (χ3v) is 4.46. The van der Waals surface area contributed by atoms with E-state index in [-0.39, 0.29) is 23.7 Å². The summed E-state index contributed by atoms with van der Waals surface area (Å²) in [5.74, 6) is -0.159. The Labute approximate surface area is 144 Å². The molecule has 24 heavy (non-hydrogen) atoms. The maximum Gasteiger partial charge on any atom is 0.228 e. The molecule has 0 spiro atoms. The normalized spacial score (nSPS) is 19.2. The summed E-state index contributed by atoms with van der Waals surface area (Å²) in [4.78, 5) is 24.5. The molecule has 1 aliphatic carbocycles. The van der Waals surface area contributed by atoms with Crippen molar-refractivity contribution in [3.8, 4) is 0 Å².